The van der Waals surface area contributed by atoms with Crippen LogP contribution in [0.1, 0.15) is 19.4 Å². The van der Waals surface area contributed by atoms with Crippen LogP contribution in [0.4, 0.5) is 11.5 Å². The van der Waals surface area contributed by atoms with Crippen molar-refractivity contribution in [2.45, 2.75) is 20.8 Å². The van der Waals surface area contributed by atoms with E-state index < -0.39 is 4.92 Å². The average molecular weight is 183 g/mol. The Morgan fingerprint density at radius 2 is 2.08 bits per heavy atom. The van der Waals surface area contributed by atoms with E-state index in [2.05, 4.69) is 4.98 Å². The van der Waals surface area contributed by atoms with Gasteiger partial charge < -0.3 is 5.73 Å². The molecule has 0 amide bonds. The number of hydrogen-bond donors (Lipinski definition) is 1. The highest BCUT2D eigenvalue weighted by Gasteiger charge is 2.06. The Morgan fingerprint density at radius 3 is 2.46 bits per heavy atom. The topological polar surface area (TPSA) is 82.0 Å². The molecule has 13 heavy (non-hydrogen) atoms. The number of anilines is 1. The molecule has 0 atom stereocenters. The number of hydrogen-bond acceptors (Lipinski definition) is 4. The summed E-state index contributed by atoms with van der Waals surface area (Å²) < 4.78 is 0. The van der Waals surface area contributed by atoms with Gasteiger partial charge in [0.15, 0.2) is 0 Å². The fourth-order valence-electron chi connectivity index (χ4n) is 0.670. The molecule has 0 fully saturated rings. The number of nitrogens with zero attached hydrogens (tertiary/aromatic N) is 2. The van der Waals surface area contributed by atoms with Gasteiger partial charge in [0.1, 0.15) is 12.0 Å². The molecule has 0 saturated carbocycles. The quantitative estimate of drug-likeness (QED) is 0.532. The maximum Gasteiger partial charge on any atom is 0.287 e. The SMILES string of the molecule is CC.Cc1cc([N+](=O)[O-])cnc1N. The van der Waals surface area contributed by atoms with Crippen LogP contribution in [-0.2, 0) is 0 Å². The molecule has 0 radical (unpaired) electrons. The van der Waals surface area contributed by atoms with Crippen LogP contribution < -0.4 is 5.73 Å². The minimum absolute atomic E-state index is 0.0308. The van der Waals surface area contributed by atoms with E-state index in [-0.39, 0.29) is 5.69 Å². The summed E-state index contributed by atoms with van der Waals surface area (Å²) in [5.74, 6) is 0.329. The van der Waals surface area contributed by atoms with Crippen molar-refractivity contribution in [1.82, 2.24) is 4.98 Å². The molecule has 0 unspecified atom stereocenters. The standard InChI is InChI=1S/C6H7N3O2.C2H6/c1-4-2-5(9(10)11)3-8-6(4)7;1-2/h2-3H,1H3,(H2,7,8);1-2H3. The van der Waals surface area contributed by atoms with E-state index in [1.54, 1.807) is 6.92 Å². The number of aromatic nitrogens is 1. The second kappa shape index (κ2) is 5.08. The number of pyridine rings is 1. The first-order valence-corrected chi connectivity index (χ1v) is 3.98. The third kappa shape index (κ3) is 3.06. The maximum absolute atomic E-state index is 10.2. The van der Waals surface area contributed by atoms with Crippen molar-refractivity contribution in [2.24, 2.45) is 0 Å². The number of nitrogens with two attached hydrogens (primary N) is 1. The fraction of sp³-hybridized carbons (Fsp3) is 0.375. The molecule has 0 bridgehead atoms. The molecule has 0 aliphatic carbocycles. The van der Waals surface area contributed by atoms with E-state index in [0.29, 0.717) is 11.4 Å². The van der Waals surface area contributed by atoms with E-state index in [1.165, 1.54) is 6.07 Å². The van der Waals surface area contributed by atoms with E-state index in [0.717, 1.165) is 6.20 Å². The van der Waals surface area contributed by atoms with Crippen LogP contribution in [0.3, 0.4) is 0 Å². The van der Waals surface area contributed by atoms with Crippen LogP contribution in [-0.4, -0.2) is 9.91 Å². The summed E-state index contributed by atoms with van der Waals surface area (Å²) in [5, 5.41) is 10.2. The van der Waals surface area contributed by atoms with Gasteiger partial charge >= 0.3 is 0 Å². The molecule has 0 spiro atoms. The second-order valence-electron chi connectivity index (χ2n) is 2.15. The third-order valence-corrected chi connectivity index (χ3v) is 1.32. The van der Waals surface area contributed by atoms with Crippen molar-refractivity contribution in [3.05, 3.63) is 27.9 Å². The van der Waals surface area contributed by atoms with Crippen LogP contribution in [0, 0.1) is 17.0 Å². The predicted molar refractivity (Wildman–Crippen MR) is 51.4 cm³/mol. The Bertz CT molecular complexity index is 299. The molecule has 5 nitrogen and oxygen atoms in total. The second-order valence-corrected chi connectivity index (χ2v) is 2.15. The molecule has 1 rings (SSSR count). The number of rotatable bonds is 1. The first-order chi connectivity index (χ1) is 6.11. The Morgan fingerprint density at radius 1 is 1.54 bits per heavy atom. The van der Waals surface area contributed by atoms with E-state index in [4.69, 9.17) is 5.73 Å². The molecule has 2 N–H and O–H groups in total. The number of aryl methyl sites for hydroxylation is 1. The van der Waals surface area contributed by atoms with E-state index >= 15 is 0 Å². The highest BCUT2D eigenvalue weighted by Crippen LogP contribution is 2.14. The van der Waals surface area contributed by atoms with Crippen LogP contribution in [0.5, 0.6) is 0 Å². The van der Waals surface area contributed by atoms with Gasteiger partial charge in [-0.3, -0.25) is 10.1 Å². The summed E-state index contributed by atoms with van der Waals surface area (Å²) in [6, 6.07) is 1.39. The summed E-state index contributed by atoms with van der Waals surface area (Å²) >= 11 is 0. The Hall–Kier alpha value is -1.65. The summed E-state index contributed by atoms with van der Waals surface area (Å²) in [7, 11) is 0. The van der Waals surface area contributed by atoms with Crippen LogP contribution in [0.2, 0.25) is 0 Å². The van der Waals surface area contributed by atoms with Crippen molar-refractivity contribution < 1.29 is 4.92 Å². The first kappa shape index (κ1) is 11.4. The van der Waals surface area contributed by atoms with Crippen LogP contribution in [0.15, 0.2) is 12.3 Å². The molecule has 0 saturated heterocycles. The Labute approximate surface area is 76.7 Å². The lowest BCUT2D eigenvalue weighted by Gasteiger charge is -1.96. The smallest absolute Gasteiger partial charge is 0.287 e. The lowest BCUT2D eigenvalue weighted by molar-refractivity contribution is -0.385. The van der Waals surface area contributed by atoms with Gasteiger partial charge in [-0.15, -0.1) is 0 Å². The Balaban J connectivity index is 0.000000671. The van der Waals surface area contributed by atoms with Gasteiger partial charge in [-0.2, -0.15) is 0 Å². The average Bonchev–Trinajstić information content (AvgIpc) is 2.13. The molecule has 72 valence electrons. The summed E-state index contributed by atoms with van der Waals surface area (Å²) in [6.07, 6.45) is 1.14. The Kier molecular flexibility index (Phi) is 4.43. The van der Waals surface area contributed by atoms with Crippen molar-refractivity contribution in [3.8, 4) is 0 Å². The van der Waals surface area contributed by atoms with Gasteiger partial charge in [-0.25, -0.2) is 4.98 Å². The summed E-state index contributed by atoms with van der Waals surface area (Å²) in [4.78, 5) is 13.3. The summed E-state index contributed by atoms with van der Waals surface area (Å²) in [5.41, 5.74) is 5.95. The monoisotopic (exact) mass is 183 g/mol. The van der Waals surface area contributed by atoms with Crippen molar-refractivity contribution >= 4 is 11.5 Å². The van der Waals surface area contributed by atoms with E-state index in [9.17, 15) is 10.1 Å². The van der Waals surface area contributed by atoms with Gasteiger partial charge in [0.2, 0.25) is 0 Å². The lowest BCUT2D eigenvalue weighted by Crippen LogP contribution is -1.96. The van der Waals surface area contributed by atoms with Gasteiger partial charge in [0, 0.05) is 6.07 Å². The molecular weight excluding hydrogens is 170 g/mol. The van der Waals surface area contributed by atoms with E-state index in [1.807, 2.05) is 13.8 Å². The zero-order valence-electron chi connectivity index (χ0n) is 7.94. The van der Waals surface area contributed by atoms with Gasteiger partial charge in [0.05, 0.1) is 4.92 Å². The zero-order chi connectivity index (χ0) is 10.4. The molecule has 1 aromatic rings. The zero-order valence-corrected chi connectivity index (χ0v) is 7.94. The van der Waals surface area contributed by atoms with Gasteiger partial charge in [-0.05, 0) is 12.5 Å². The van der Waals surface area contributed by atoms with Crippen molar-refractivity contribution in [3.63, 3.8) is 0 Å². The molecule has 1 aromatic heterocycles. The first-order valence-electron chi connectivity index (χ1n) is 3.98. The van der Waals surface area contributed by atoms with Crippen LogP contribution >= 0.6 is 0 Å². The number of nitrogen functional groups attached to an aromatic ring is 1. The van der Waals surface area contributed by atoms with Crippen molar-refractivity contribution in [1.29, 1.82) is 0 Å². The van der Waals surface area contributed by atoms with Gasteiger partial charge in [0.25, 0.3) is 5.69 Å². The number of nitro groups is 1. The van der Waals surface area contributed by atoms with Crippen LogP contribution in [0.25, 0.3) is 0 Å². The third-order valence-electron chi connectivity index (χ3n) is 1.32. The highest BCUT2D eigenvalue weighted by molar-refractivity contribution is 5.44. The molecular formula is C8H13N3O2. The largest absolute Gasteiger partial charge is 0.383 e. The maximum atomic E-state index is 10.2. The normalized spacial score (nSPS) is 8.54. The molecule has 0 aliphatic rings. The predicted octanol–water partition coefficient (Wildman–Crippen LogP) is 1.91. The van der Waals surface area contributed by atoms with Gasteiger partial charge in [-0.1, -0.05) is 13.8 Å². The minimum Gasteiger partial charge on any atom is -0.383 e. The van der Waals surface area contributed by atoms with Crippen molar-refractivity contribution in [2.75, 3.05) is 5.73 Å². The molecule has 1 heterocycles. The molecule has 0 aromatic carbocycles. The highest BCUT2D eigenvalue weighted by atomic mass is 16.6. The minimum atomic E-state index is -0.501. The molecule has 0 aliphatic heterocycles. The lowest BCUT2D eigenvalue weighted by atomic mass is 10.3. The fourth-order valence-corrected chi connectivity index (χ4v) is 0.670. The molecule has 5 heteroatoms. The summed E-state index contributed by atoms with van der Waals surface area (Å²) in [6.45, 7) is 5.68.